The molecule has 0 aromatic heterocycles. The quantitative estimate of drug-likeness (QED) is 0.657. The highest BCUT2D eigenvalue weighted by Crippen LogP contribution is 2.19. The molecule has 0 saturated carbocycles. The highest BCUT2D eigenvalue weighted by molar-refractivity contribution is 5.48. The van der Waals surface area contributed by atoms with Crippen molar-refractivity contribution >= 4 is 5.69 Å². The predicted molar refractivity (Wildman–Crippen MR) is 52.8 cm³/mol. The van der Waals surface area contributed by atoms with Gasteiger partial charge >= 0.3 is 0 Å². The maximum atomic E-state index is 5.86. The van der Waals surface area contributed by atoms with Crippen LogP contribution < -0.4 is 11.5 Å². The van der Waals surface area contributed by atoms with Crippen LogP contribution >= 0.6 is 0 Å². The predicted octanol–water partition coefficient (Wildman–Crippen LogP) is 1.99. The number of nitrogens with two attached hydrogens (primary N) is 2. The molecular weight excluding hydrogens is 148 g/mol. The molecule has 0 aliphatic heterocycles. The second-order valence-corrected chi connectivity index (χ2v) is 3.13. The van der Waals surface area contributed by atoms with Crippen LogP contribution in [0, 0.1) is 6.92 Å². The van der Waals surface area contributed by atoms with Gasteiger partial charge in [0.05, 0.1) is 0 Å². The van der Waals surface area contributed by atoms with E-state index in [9.17, 15) is 0 Å². The first-order valence-corrected chi connectivity index (χ1v) is 4.26. The molecule has 4 N–H and O–H groups in total. The Morgan fingerprint density at radius 1 is 1.42 bits per heavy atom. The van der Waals surface area contributed by atoms with Crippen LogP contribution in [0.4, 0.5) is 5.69 Å². The maximum absolute atomic E-state index is 5.86. The molecule has 0 amide bonds. The van der Waals surface area contributed by atoms with Gasteiger partial charge in [0.1, 0.15) is 0 Å². The smallest absolute Gasteiger partial charge is 0.0347 e. The average Bonchev–Trinajstić information content (AvgIpc) is 2.08. The van der Waals surface area contributed by atoms with Gasteiger partial charge < -0.3 is 11.5 Å². The number of anilines is 1. The van der Waals surface area contributed by atoms with E-state index in [-0.39, 0.29) is 6.04 Å². The summed E-state index contributed by atoms with van der Waals surface area (Å²) < 4.78 is 0. The number of hydrogen-bond acceptors (Lipinski definition) is 2. The zero-order chi connectivity index (χ0) is 9.14. The van der Waals surface area contributed by atoms with Gasteiger partial charge in [-0.1, -0.05) is 19.1 Å². The van der Waals surface area contributed by atoms with Gasteiger partial charge in [0.2, 0.25) is 0 Å². The zero-order valence-electron chi connectivity index (χ0n) is 7.67. The molecule has 0 fully saturated rings. The van der Waals surface area contributed by atoms with Gasteiger partial charge in [0.25, 0.3) is 0 Å². The van der Waals surface area contributed by atoms with Crippen LogP contribution in [0.2, 0.25) is 0 Å². The van der Waals surface area contributed by atoms with Crippen molar-refractivity contribution in [2.75, 3.05) is 5.73 Å². The number of rotatable bonds is 2. The summed E-state index contributed by atoms with van der Waals surface area (Å²) in [7, 11) is 0. The fourth-order valence-corrected chi connectivity index (χ4v) is 1.13. The fraction of sp³-hybridized carbons (Fsp3) is 0.400. The van der Waals surface area contributed by atoms with Crippen molar-refractivity contribution in [2.45, 2.75) is 26.3 Å². The lowest BCUT2D eigenvalue weighted by Gasteiger charge is -2.10. The summed E-state index contributed by atoms with van der Waals surface area (Å²) >= 11 is 0. The molecule has 1 aromatic rings. The number of aryl methyl sites for hydroxylation is 1. The monoisotopic (exact) mass is 164 g/mol. The molecule has 2 heteroatoms. The third-order valence-corrected chi connectivity index (χ3v) is 2.17. The molecule has 0 bridgehead atoms. The Hall–Kier alpha value is -1.02. The topological polar surface area (TPSA) is 52.0 Å². The third-order valence-electron chi connectivity index (χ3n) is 2.17. The lowest BCUT2D eigenvalue weighted by atomic mass is 10.0. The van der Waals surface area contributed by atoms with Gasteiger partial charge in [-0.3, -0.25) is 0 Å². The molecule has 0 radical (unpaired) electrons. The minimum Gasteiger partial charge on any atom is -0.399 e. The summed E-state index contributed by atoms with van der Waals surface area (Å²) in [5.41, 5.74) is 14.7. The second kappa shape index (κ2) is 3.59. The summed E-state index contributed by atoms with van der Waals surface area (Å²) in [4.78, 5) is 0. The highest BCUT2D eigenvalue weighted by atomic mass is 14.6. The average molecular weight is 164 g/mol. The van der Waals surface area contributed by atoms with Crippen molar-refractivity contribution in [3.8, 4) is 0 Å². The first kappa shape index (κ1) is 9.07. The van der Waals surface area contributed by atoms with Crippen LogP contribution in [0.15, 0.2) is 18.2 Å². The Balaban J connectivity index is 2.96. The molecule has 0 heterocycles. The minimum absolute atomic E-state index is 0.118. The molecule has 12 heavy (non-hydrogen) atoms. The van der Waals surface area contributed by atoms with Crippen molar-refractivity contribution < 1.29 is 0 Å². The number of nitrogen functional groups attached to an aromatic ring is 1. The van der Waals surface area contributed by atoms with Crippen molar-refractivity contribution in [2.24, 2.45) is 5.73 Å². The van der Waals surface area contributed by atoms with Gasteiger partial charge in [-0.2, -0.15) is 0 Å². The van der Waals surface area contributed by atoms with E-state index in [0.29, 0.717) is 0 Å². The van der Waals surface area contributed by atoms with E-state index >= 15 is 0 Å². The van der Waals surface area contributed by atoms with Gasteiger partial charge in [-0.15, -0.1) is 0 Å². The Bertz CT molecular complexity index is 269. The van der Waals surface area contributed by atoms with Crippen LogP contribution in [0.1, 0.15) is 30.5 Å². The van der Waals surface area contributed by atoms with Crippen LogP contribution in [0.5, 0.6) is 0 Å². The Labute approximate surface area is 73.6 Å². The standard InChI is InChI=1S/C10H16N2/c1-3-9(11)8-5-4-7(2)10(12)6-8/h4-6,9H,3,11-12H2,1-2H3/t9-/m1/s1. The van der Waals surface area contributed by atoms with Crippen LogP contribution in [-0.2, 0) is 0 Å². The Morgan fingerprint density at radius 3 is 2.58 bits per heavy atom. The first-order valence-electron chi connectivity index (χ1n) is 4.26. The lowest BCUT2D eigenvalue weighted by Crippen LogP contribution is -2.09. The Morgan fingerprint density at radius 2 is 2.08 bits per heavy atom. The van der Waals surface area contributed by atoms with E-state index in [1.807, 2.05) is 25.1 Å². The summed E-state index contributed by atoms with van der Waals surface area (Å²) in [5.74, 6) is 0. The molecular formula is C10H16N2. The van der Waals surface area contributed by atoms with Crippen molar-refractivity contribution in [3.63, 3.8) is 0 Å². The molecule has 2 nitrogen and oxygen atoms in total. The van der Waals surface area contributed by atoms with Crippen LogP contribution in [0.25, 0.3) is 0 Å². The molecule has 0 saturated heterocycles. The van der Waals surface area contributed by atoms with E-state index in [1.165, 1.54) is 0 Å². The zero-order valence-corrected chi connectivity index (χ0v) is 7.67. The second-order valence-electron chi connectivity index (χ2n) is 3.13. The van der Waals surface area contributed by atoms with Crippen molar-refractivity contribution in [3.05, 3.63) is 29.3 Å². The molecule has 1 atom stereocenters. The largest absolute Gasteiger partial charge is 0.399 e. The van der Waals surface area contributed by atoms with Gasteiger partial charge in [0.15, 0.2) is 0 Å². The summed E-state index contributed by atoms with van der Waals surface area (Å²) in [6, 6.07) is 6.14. The van der Waals surface area contributed by atoms with Crippen LogP contribution in [-0.4, -0.2) is 0 Å². The summed E-state index contributed by atoms with van der Waals surface area (Å²) in [6.45, 7) is 4.07. The molecule has 0 unspecified atom stereocenters. The van der Waals surface area contributed by atoms with Crippen LogP contribution in [0.3, 0.4) is 0 Å². The molecule has 0 aliphatic carbocycles. The molecule has 1 rings (SSSR count). The third kappa shape index (κ3) is 1.77. The van der Waals surface area contributed by atoms with E-state index in [1.54, 1.807) is 0 Å². The van der Waals surface area contributed by atoms with E-state index in [4.69, 9.17) is 11.5 Å². The van der Waals surface area contributed by atoms with E-state index in [2.05, 4.69) is 6.92 Å². The summed E-state index contributed by atoms with van der Waals surface area (Å²) in [6.07, 6.45) is 0.947. The highest BCUT2D eigenvalue weighted by Gasteiger charge is 2.03. The Kier molecular flexibility index (Phi) is 2.71. The van der Waals surface area contributed by atoms with E-state index in [0.717, 1.165) is 23.2 Å². The summed E-state index contributed by atoms with van der Waals surface area (Å²) in [5, 5.41) is 0. The first-order chi connectivity index (χ1) is 5.65. The van der Waals surface area contributed by atoms with E-state index < -0.39 is 0 Å². The fourth-order valence-electron chi connectivity index (χ4n) is 1.13. The molecule has 1 aromatic carbocycles. The van der Waals surface area contributed by atoms with Gasteiger partial charge in [-0.25, -0.2) is 0 Å². The minimum atomic E-state index is 0.118. The molecule has 0 spiro atoms. The SMILES string of the molecule is CC[C@@H](N)c1ccc(C)c(N)c1. The number of hydrogen-bond donors (Lipinski definition) is 2. The molecule has 66 valence electrons. The van der Waals surface area contributed by atoms with Crippen molar-refractivity contribution in [1.82, 2.24) is 0 Å². The number of benzene rings is 1. The lowest BCUT2D eigenvalue weighted by molar-refractivity contribution is 0.699. The molecule has 0 aliphatic rings. The van der Waals surface area contributed by atoms with Crippen molar-refractivity contribution in [1.29, 1.82) is 0 Å². The normalized spacial score (nSPS) is 12.9. The maximum Gasteiger partial charge on any atom is 0.0347 e. The van der Waals surface area contributed by atoms with Gasteiger partial charge in [-0.05, 0) is 30.5 Å². The van der Waals surface area contributed by atoms with Gasteiger partial charge in [0, 0.05) is 11.7 Å².